The van der Waals surface area contributed by atoms with Crippen molar-refractivity contribution in [3.63, 3.8) is 0 Å². The van der Waals surface area contributed by atoms with Gasteiger partial charge >= 0.3 is 0 Å². The summed E-state index contributed by atoms with van der Waals surface area (Å²) >= 11 is 0. The van der Waals surface area contributed by atoms with Crippen molar-refractivity contribution in [2.45, 2.75) is 39.7 Å². The van der Waals surface area contributed by atoms with Crippen LogP contribution in [-0.2, 0) is 0 Å². The third kappa shape index (κ3) is 3.27. The van der Waals surface area contributed by atoms with Gasteiger partial charge in [0.25, 0.3) is 0 Å². The lowest BCUT2D eigenvalue weighted by molar-refractivity contribution is 0.310. The first-order chi connectivity index (χ1) is 8.99. The van der Waals surface area contributed by atoms with Crippen molar-refractivity contribution in [2.75, 3.05) is 18.0 Å². The summed E-state index contributed by atoms with van der Waals surface area (Å²) in [6.45, 7) is 8.34. The molecule has 1 fully saturated rings. The molecular formula is C16H25FN2. The summed E-state index contributed by atoms with van der Waals surface area (Å²) in [4.78, 5) is 2.17. The van der Waals surface area contributed by atoms with E-state index in [1.807, 2.05) is 19.1 Å². The van der Waals surface area contributed by atoms with Crippen molar-refractivity contribution in [3.8, 4) is 0 Å². The van der Waals surface area contributed by atoms with Gasteiger partial charge in [-0.25, -0.2) is 4.39 Å². The molecule has 1 aromatic carbocycles. The van der Waals surface area contributed by atoms with E-state index in [0.29, 0.717) is 0 Å². The first-order valence-electron chi connectivity index (χ1n) is 7.29. The molecule has 3 heteroatoms. The summed E-state index contributed by atoms with van der Waals surface area (Å²) in [5, 5.41) is 0. The molecule has 1 saturated heterocycles. The van der Waals surface area contributed by atoms with Gasteiger partial charge in [-0.1, -0.05) is 19.9 Å². The average molecular weight is 264 g/mol. The average Bonchev–Trinajstić information content (AvgIpc) is 2.38. The van der Waals surface area contributed by atoms with E-state index in [1.54, 1.807) is 6.07 Å². The fraction of sp³-hybridized carbons (Fsp3) is 0.625. The summed E-state index contributed by atoms with van der Waals surface area (Å²) in [5.74, 6) is 1.37. The lowest BCUT2D eigenvalue weighted by Gasteiger charge is -2.35. The second kappa shape index (κ2) is 5.91. The molecule has 2 rings (SSSR count). The summed E-state index contributed by atoms with van der Waals surface area (Å²) in [5.41, 5.74) is 7.37. The molecule has 0 bridgehead atoms. The number of nitrogens with zero attached hydrogens (tertiary/aromatic N) is 1. The number of piperidine rings is 1. The van der Waals surface area contributed by atoms with Gasteiger partial charge in [0.1, 0.15) is 5.82 Å². The van der Waals surface area contributed by atoms with E-state index in [0.717, 1.165) is 49.0 Å². The highest BCUT2D eigenvalue weighted by Gasteiger charge is 2.23. The smallest absolute Gasteiger partial charge is 0.146 e. The van der Waals surface area contributed by atoms with Gasteiger partial charge in [0.15, 0.2) is 0 Å². The Morgan fingerprint density at radius 1 is 1.21 bits per heavy atom. The number of hydrogen-bond acceptors (Lipinski definition) is 2. The van der Waals surface area contributed by atoms with Crippen LogP contribution in [0.5, 0.6) is 0 Å². The molecule has 1 heterocycles. The topological polar surface area (TPSA) is 29.3 Å². The molecule has 0 aliphatic carbocycles. The highest BCUT2D eigenvalue weighted by molar-refractivity contribution is 5.49. The van der Waals surface area contributed by atoms with Crippen LogP contribution < -0.4 is 10.6 Å². The molecule has 19 heavy (non-hydrogen) atoms. The Hall–Kier alpha value is -1.09. The summed E-state index contributed by atoms with van der Waals surface area (Å²) in [6.07, 6.45) is 2.32. The van der Waals surface area contributed by atoms with Gasteiger partial charge in [-0.15, -0.1) is 0 Å². The Labute approximate surface area is 115 Å². The van der Waals surface area contributed by atoms with Crippen LogP contribution in [0.2, 0.25) is 0 Å². The first kappa shape index (κ1) is 14.3. The maximum atomic E-state index is 14.2. The Morgan fingerprint density at radius 3 is 2.32 bits per heavy atom. The highest BCUT2D eigenvalue weighted by Crippen LogP contribution is 2.30. The molecule has 0 spiro atoms. The largest absolute Gasteiger partial charge is 0.369 e. The molecule has 0 radical (unpaired) electrons. The number of anilines is 1. The van der Waals surface area contributed by atoms with Crippen LogP contribution in [0.15, 0.2) is 18.2 Å². The van der Waals surface area contributed by atoms with Crippen molar-refractivity contribution in [1.82, 2.24) is 0 Å². The van der Waals surface area contributed by atoms with Crippen LogP contribution in [-0.4, -0.2) is 13.1 Å². The number of rotatable bonds is 3. The van der Waals surface area contributed by atoms with E-state index in [4.69, 9.17) is 5.73 Å². The summed E-state index contributed by atoms with van der Waals surface area (Å²) in [7, 11) is 0. The number of benzene rings is 1. The molecule has 0 saturated carbocycles. The lowest BCUT2D eigenvalue weighted by atomic mass is 9.86. The predicted octanol–water partition coefficient (Wildman–Crippen LogP) is 3.72. The maximum Gasteiger partial charge on any atom is 0.146 e. The molecular weight excluding hydrogens is 239 g/mol. The van der Waals surface area contributed by atoms with Crippen LogP contribution in [0.1, 0.15) is 45.2 Å². The van der Waals surface area contributed by atoms with E-state index in [9.17, 15) is 4.39 Å². The lowest BCUT2D eigenvalue weighted by Crippen LogP contribution is -2.35. The minimum absolute atomic E-state index is 0.116. The van der Waals surface area contributed by atoms with E-state index in [1.165, 1.54) is 0 Å². The zero-order chi connectivity index (χ0) is 14.0. The Morgan fingerprint density at radius 2 is 1.84 bits per heavy atom. The highest BCUT2D eigenvalue weighted by atomic mass is 19.1. The van der Waals surface area contributed by atoms with Crippen LogP contribution >= 0.6 is 0 Å². The van der Waals surface area contributed by atoms with Gasteiger partial charge in [-0.2, -0.15) is 0 Å². The van der Waals surface area contributed by atoms with Crippen molar-refractivity contribution in [1.29, 1.82) is 0 Å². The molecule has 1 aliphatic heterocycles. The Kier molecular flexibility index (Phi) is 4.46. The fourth-order valence-electron chi connectivity index (χ4n) is 2.87. The van der Waals surface area contributed by atoms with Crippen molar-refractivity contribution >= 4 is 5.69 Å². The van der Waals surface area contributed by atoms with Crippen molar-refractivity contribution < 1.29 is 4.39 Å². The zero-order valence-corrected chi connectivity index (χ0v) is 12.2. The van der Waals surface area contributed by atoms with Gasteiger partial charge in [-0.05, 0) is 49.3 Å². The molecule has 0 aromatic heterocycles. The SMILES string of the molecule is CC(N)c1ccc(N2CCC(C(C)C)CC2)c(F)c1. The van der Waals surface area contributed by atoms with Crippen molar-refractivity contribution in [3.05, 3.63) is 29.6 Å². The van der Waals surface area contributed by atoms with Crippen LogP contribution in [0.4, 0.5) is 10.1 Å². The van der Waals surface area contributed by atoms with Gasteiger partial charge in [0.2, 0.25) is 0 Å². The molecule has 1 aliphatic rings. The first-order valence-corrected chi connectivity index (χ1v) is 7.29. The second-order valence-electron chi connectivity index (χ2n) is 6.07. The quantitative estimate of drug-likeness (QED) is 0.901. The van der Waals surface area contributed by atoms with E-state index >= 15 is 0 Å². The number of nitrogens with two attached hydrogens (primary N) is 1. The van der Waals surface area contributed by atoms with Crippen LogP contribution in [0, 0.1) is 17.7 Å². The van der Waals surface area contributed by atoms with Gasteiger partial charge in [0, 0.05) is 19.1 Å². The molecule has 2 N–H and O–H groups in total. The second-order valence-corrected chi connectivity index (χ2v) is 6.07. The van der Waals surface area contributed by atoms with Crippen molar-refractivity contribution in [2.24, 2.45) is 17.6 Å². The third-order valence-corrected chi connectivity index (χ3v) is 4.32. The van der Waals surface area contributed by atoms with E-state index in [-0.39, 0.29) is 11.9 Å². The van der Waals surface area contributed by atoms with Gasteiger partial charge in [0.05, 0.1) is 5.69 Å². The molecule has 106 valence electrons. The zero-order valence-electron chi connectivity index (χ0n) is 12.2. The third-order valence-electron chi connectivity index (χ3n) is 4.32. The van der Waals surface area contributed by atoms with Crippen LogP contribution in [0.3, 0.4) is 0 Å². The summed E-state index contributed by atoms with van der Waals surface area (Å²) in [6, 6.07) is 5.28. The van der Waals surface area contributed by atoms with Gasteiger partial charge < -0.3 is 10.6 Å². The van der Waals surface area contributed by atoms with Gasteiger partial charge in [-0.3, -0.25) is 0 Å². The van der Waals surface area contributed by atoms with E-state index < -0.39 is 0 Å². The number of halogens is 1. The van der Waals surface area contributed by atoms with Crippen LogP contribution in [0.25, 0.3) is 0 Å². The Bertz CT molecular complexity index is 421. The fourth-order valence-corrected chi connectivity index (χ4v) is 2.87. The predicted molar refractivity (Wildman–Crippen MR) is 78.8 cm³/mol. The minimum atomic E-state index is -0.141. The molecule has 0 amide bonds. The summed E-state index contributed by atoms with van der Waals surface area (Å²) < 4.78 is 14.2. The molecule has 2 nitrogen and oxygen atoms in total. The molecule has 1 unspecified atom stereocenters. The standard InChI is InChI=1S/C16H25FN2/c1-11(2)13-6-8-19(9-7-13)16-5-4-14(12(3)18)10-15(16)17/h4-5,10-13H,6-9,18H2,1-3H3. The van der Waals surface area contributed by atoms with E-state index in [2.05, 4.69) is 18.7 Å². The molecule has 1 atom stereocenters. The Balaban J connectivity index is 2.07. The number of hydrogen-bond donors (Lipinski definition) is 1. The normalized spacial score (nSPS) is 18.9. The minimum Gasteiger partial charge on any atom is -0.369 e. The molecule has 1 aromatic rings. The maximum absolute atomic E-state index is 14.2. The monoisotopic (exact) mass is 264 g/mol.